The zero-order valence-electron chi connectivity index (χ0n) is 4.32. The van der Waals surface area contributed by atoms with Gasteiger partial charge in [0.25, 0.3) is 0 Å². The normalized spacial score (nSPS) is 5.44. The Morgan fingerprint density at radius 1 is 1.44 bits per heavy atom. The van der Waals surface area contributed by atoms with Gasteiger partial charge in [0.05, 0.1) is 5.09 Å². The quantitative estimate of drug-likeness (QED) is 0.333. The number of hydrogen-bond donors (Lipinski definition) is 0. The van der Waals surface area contributed by atoms with Crippen LogP contribution in [0.15, 0.2) is 0 Å². The molecule has 0 saturated carbocycles. The summed E-state index contributed by atoms with van der Waals surface area (Å²) in [6.45, 7) is 0.972. The predicted molar refractivity (Wildman–Crippen MR) is 21.0 cm³/mol. The van der Waals surface area contributed by atoms with Crippen LogP contribution in [0.25, 0.3) is 0 Å². The summed E-state index contributed by atoms with van der Waals surface area (Å²) in [7, 11) is 0. The third-order valence-corrected chi connectivity index (χ3v) is 0. The molecular weight excluding hydrogens is 177 g/mol. The van der Waals surface area contributed by atoms with Crippen molar-refractivity contribution in [1.82, 2.24) is 0 Å². The van der Waals surface area contributed by atoms with Crippen LogP contribution in [-0.2, 0) is 21.6 Å². The molecule has 0 saturated heterocycles. The van der Waals surface area contributed by atoms with E-state index < -0.39 is 11.1 Å². The van der Waals surface area contributed by atoms with Crippen molar-refractivity contribution in [2.45, 2.75) is 6.92 Å². The third kappa shape index (κ3) is 284. The predicted octanol–water partition coefficient (Wildman–Crippen LogP) is -1.49. The molecule has 0 aliphatic rings. The van der Waals surface area contributed by atoms with Gasteiger partial charge in [-0.3, -0.25) is 0 Å². The van der Waals surface area contributed by atoms with E-state index in [9.17, 15) is 0 Å². The molecule has 0 amide bonds. The molecule has 0 N–H and O–H groups in total. The van der Waals surface area contributed by atoms with Gasteiger partial charge < -0.3 is 25.2 Å². The maximum Gasteiger partial charge on any atom is 3.00 e. The molecule has 0 aliphatic carbocycles. The Morgan fingerprint density at radius 3 is 1.44 bits per heavy atom. The van der Waals surface area contributed by atoms with Crippen molar-refractivity contribution in [2.24, 2.45) is 0 Å². The van der Waals surface area contributed by atoms with E-state index in [-0.39, 0.29) is 16.8 Å². The molecule has 0 rings (SSSR count). The van der Waals surface area contributed by atoms with Crippen LogP contribution in [0.2, 0.25) is 0 Å². The van der Waals surface area contributed by atoms with Crippen molar-refractivity contribution in [3.05, 3.63) is 15.3 Å². The average Bonchev–Trinajstić information content (AvgIpc) is 1.25. The number of rotatable bonds is 0. The summed E-state index contributed by atoms with van der Waals surface area (Å²) in [5.41, 5.74) is 0. The van der Waals surface area contributed by atoms with Gasteiger partial charge in [-0.25, -0.2) is 0 Å². The minimum atomic E-state index is -1.75. The van der Waals surface area contributed by atoms with E-state index >= 15 is 0 Å². The molecule has 6 nitrogen and oxygen atoms in total. The molecule has 0 aromatic carbocycles. The van der Waals surface area contributed by atoms with Crippen LogP contribution in [0.4, 0.5) is 0 Å². The molecule has 0 unspecified atom stereocenters. The summed E-state index contributed by atoms with van der Waals surface area (Å²) in [6.07, 6.45) is 0. The van der Waals surface area contributed by atoms with Gasteiger partial charge in [0.2, 0.25) is 0 Å². The van der Waals surface area contributed by atoms with Crippen molar-refractivity contribution in [2.75, 3.05) is 0 Å². The van der Waals surface area contributed by atoms with E-state index in [1.165, 1.54) is 0 Å². The Balaban J connectivity index is -0.0000000720. The number of carbonyl (C=O) groups is 1. The summed E-state index contributed by atoms with van der Waals surface area (Å²) in [5.74, 6) is -1.08. The first-order valence-corrected chi connectivity index (χ1v) is 1.46. The van der Waals surface area contributed by atoms with Crippen molar-refractivity contribution in [3.63, 3.8) is 0 Å². The van der Waals surface area contributed by atoms with Crippen LogP contribution in [0.1, 0.15) is 6.92 Å². The second-order valence-corrected chi connectivity index (χ2v) is 0.715. The van der Waals surface area contributed by atoms with Gasteiger partial charge in [-0.2, -0.15) is 0 Å². The number of carboxylic acid groups (broad SMARTS) is 1. The molecule has 0 spiro atoms. The largest absolute Gasteiger partial charge is 3.00 e. The van der Waals surface area contributed by atoms with Crippen molar-refractivity contribution in [3.8, 4) is 0 Å². The van der Waals surface area contributed by atoms with Crippen LogP contribution >= 0.6 is 0 Å². The van der Waals surface area contributed by atoms with Gasteiger partial charge in [-0.1, -0.05) is 0 Å². The third-order valence-electron chi connectivity index (χ3n) is 0. The first kappa shape index (κ1) is 15.7. The summed E-state index contributed by atoms with van der Waals surface area (Å²) in [4.78, 5) is 17.1. The van der Waals surface area contributed by atoms with Crippen LogP contribution in [-0.4, -0.2) is 11.1 Å². The molecule has 0 heterocycles. The maximum atomic E-state index is 8.89. The molecule has 0 aromatic heterocycles. The molecule has 0 aliphatic heterocycles. The van der Waals surface area contributed by atoms with Gasteiger partial charge in [0.15, 0.2) is 0 Å². The van der Waals surface area contributed by atoms with Gasteiger partial charge in [-0.15, -0.1) is 0 Å². The number of aliphatic carboxylic acids is 1. The van der Waals surface area contributed by atoms with Gasteiger partial charge >= 0.3 is 16.8 Å². The SMILES string of the molecule is CC(=O)[O-].O=[N+]([O-])[O-].[Co+3]. The Hall–Kier alpha value is -0.824. The van der Waals surface area contributed by atoms with E-state index in [0.717, 1.165) is 6.92 Å². The van der Waals surface area contributed by atoms with Crippen LogP contribution in [0, 0.1) is 15.3 Å². The average molecular weight is 180 g/mol. The van der Waals surface area contributed by atoms with Crippen molar-refractivity contribution >= 4 is 5.97 Å². The maximum absolute atomic E-state index is 8.89. The Morgan fingerprint density at radius 2 is 1.44 bits per heavy atom. The summed E-state index contributed by atoms with van der Waals surface area (Å²) in [6, 6.07) is 0. The Kier molecular flexibility index (Phi) is 17.8. The van der Waals surface area contributed by atoms with E-state index in [2.05, 4.69) is 0 Å². The summed E-state index contributed by atoms with van der Waals surface area (Å²) < 4.78 is 0. The second kappa shape index (κ2) is 10.2. The van der Waals surface area contributed by atoms with E-state index in [0.29, 0.717) is 0 Å². The minimum absolute atomic E-state index is 0. The molecule has 0 radical (unpaired) electrons. The van der Waals surface area contributed by atoms with E-state index in [4.69, 9.17) is 25.2 Å². The van der Waals surface area contributed by atoms with E-state index in [1.807, 2.05) is 0 Å². The fourth-order valence-electron chi connectivity index (χ4n) is 0. The Bertz CT molecular complexity index is 73.0. The standard InChI is InChI=1S/C2H4O2.Co.NO3/c1-2(3)4;;2-1(3)4/h1H3,(H,3,4);;/q;+3;-1/p-1. The topological polar surface area (TPSA) is 106 Å². The smallest absolute Gasteiger partial charge is 0.550 e. The monoisotopic (exact) mass is 180 g/mol. The van der Waals surface area contributed by atoms with Crippen LogP contribution < -0.4 is 5.11 Å². The fourth-order valence-corrected chi connectivity index (χ4v) is 0. The molecule has 9 heavy (non-hydrogen) atoms. The van der Waals surface area contributed by atoms with Gasteiger partial charge in [0.1, 0.15) is 0 Å². The first-order chi connectivity index (χ1) is 3.46. The van der Waals surface area contributed by atoms with E-state index in [1.54, 1.807) is 0 Å². The van der Waals surface area contributed by atoms with Gasteiger partial charge in [0, 0.05) is 5.97 Å². The number of carbonyl (C=O) groups excluding carboxylic acids is 1. The van der Waals surface area contributed by atoms with Crippen LogP contribution in [0.5, 0.6) is 0 Å². The fraction of sp³-hybridized carbons (Fsp3) is 0.500. The molecule has 0 fully saturated rings. The Labute approximate surface area is 60.8 Å². The zero-order valence-corrected chi connectivity index (χ0v) is 5.36. The number of nitrogens with zero attached hydrogens (tertiary/aromatic N) is 1. The summed E-state index contributed by atoms with van der Waals surface area (Å²) >= 11 is 0. The molecule has 0 bridgehead atoms. The molecular formula is C2H3CoNO5+. The first-order valence-electron chi connectivity index (χ1n) is 1.46. The summed E-state index contributed by atoms with van der Waals surface area (Å²) in [5, 5.41) is 23.6. The molecule has 54 valence electrons. The zero-order chi connectivity index (χ0) is 7.15. The number of hydrogen-bond acceptors (Lipinski definition) is 5. The van der Waals surface area contributed by atoms with Crippen LogP contribution in [0.3, 0.4) is 0 Å². The molecule has 0 aromatic rings. The minimum Gasteiger partial charge on any atom is -0.550 e. The van der Waals surface area contributed by atoms with Gasteiger partial charge in [-0.05, 0) is 6.92 Å². The second-order valence-electron chi connectivity index (χ2n) is 0.715. The number of carboxylic acids is 1. The molecule has 0 atom stereocenters. The van der Waals surface area contributed by atoms with Crippen molar-refractivity contribution < 1.29 is 31.8 Å². The molecule has 7 heteroatoms. The van der Waals surface area contributed by atoms with Crippen molar-refractivity contribution in [1.29, 1.82) is 0 Å².